The lowest BCUT2D eigenvalue weighted by Gasteiger charge is -2.35. The number of rotatable bonds is 14. The Hall–Kier alpha value is -4.41. The first kappa shape index (κ1) is 37.1. The zero-order chi connectivity index (χ0) is 35.0. The molecule has 0 unspecified atom stereocenters. The van der Waals surface area contributed by atoms with E-state index in [9.17, 15) is 24.0 Å². The number of carbonyl (C=O) groups is 5. The number of nitrogens with zero attached hydrogens (tertiary/aromatic N) is 1. The summed E-state index contributed by atoms with van der Waals surface area (Å²) in [6.45, 7) is 12.5. The molecule has 0 spiro atoms. The summed E-state index contributed by atoms with van der Waals surface area (Å²) in [5.41, 5.74) is 4.37. The second kappa shape index (κ2) is 16.4. The third-order valence-corrected chi connectivity index (χ3v) is 8.94. The number of nitrogens with one attached hydrogen (secondary N) is 3. The van der Waals surface area contributed by atoms with Gasteiger partial charge in [-0.2, -0.15) is 0 Å². The molecule has 1 aliphatic rings. The van der Waals surface area contributed by atoms with E-state index in [1.807, 2.05) is 50.2 Å². The molecule has 0 bridgehead atoms. The van der Waals surface area contributed by atoms with Gasteiger partial charge in [-0.25, -0.2) is 9.59 Å². The normalized spacial score (nSPS) is 15.4. The maximum atomic E-state index is 13.9. The highest BCUT2D eigenvalue weighted by Crippen LogP contribution is 2.44. The predicted octanol–water partition coefficient (Wildman–Crippen LogP) is 4.24. The summed E-state index contributed by atoms with van der Waals surface area (Å²) < 4.78 is 10.5. The summed E-state index contributed by atoms with van der Waals surface area (Å²) in [6.07, 6.45) is -0.160. The molecule has 0 saturated carbocycles. The van der Waals surface area contributed by atoms with Crippen LogP contribution >= 0.6 is 0 Å². The van der Waals surface area contributed by atoms with Crippen molar-refractivity contribution in [2.75, 3.05) is 20.8 Å². The summed E-state index contributed by atoms with van der Waals surface area (Å²) >= 11 is 0. The van der Waals surface area contributed by atoms with Gasteiger partial charge in [-0.15, -0.1) is 0 Å². The fourth-order valence-electron chi connectivity index (χ4n) is 5.94. The quantitative estimate of drug-likeness (QED) is 0.260. The number of likely N-dealkylation sites (N-methyl/N-ethyl adjacent to an activating group) is 1. The minimum Gasteiger partial charge on any atom is -0.467 e. The second-order valence-corrected chi connectivity index (χ2v) is 13.0. The molecule has 47 heavy (non-hydrogen) atoms. The molecule has 5 atom stereocenters. The minimum absolute atomic E-state index is 0.0974. The van der Waals surface area contributed by atoms with Gasteiger partial charge in [0.25, 0.3) is 0 Å². The van der Waals surface area contributed by atoms with E-state index < -0.39 is 54.0 Å². The second-order valence-electron chi connectivity index (χ2n) is 13.0. The zero-order valence-electron chi connectivity index (χ0n) is 29.0. The van der Waals surface area contributed by atoms with Crippen LogP contribution in [0.15, 0.2) is 48.5 Å². The van der Waals surface area contributed by atoms with Crippen LogP contribution < -0.4 is 16.0 Å². The highest BCUT2D eigenvalue weighted by molar-refractivity contribution is 5.95. The van der Waals surface area contributed by atoms with Crippen LogP contribution in [-0.4, -0.2) is 79.6 Å². The summed E-state index contributed by atoms with van der Waals surface area (Å²) in [6, 6.07) is 12.3. The summed E-state index contributed by atoms with van der Waals surface area (Å²) in [4.78, 5) is 67.0. The number of amides is 4. The van der Waals surface area contributed by atoms with E-state index in [2.05, 4.69) is 28.1 Å². The third-order valence-electron chi connectivity index (χ3n) is 8.94. The van der Waals surface area contributed by atoms with Gasteiger partial charge in [0.05, 0.1) is 7.11 Å². The Morgan fingerprint density at radius 3 is 1.79 bits per heavy atom. The van der Waals surface area contributed by atoms with Gasteiger partial charge in [0.2, 0.25) is 17.7 Å². The third kappa shape index (κ3) is 8.69. The molecule has 3 N–H and O–H groups in total. The predicted molar refractivity (Wildman–Crippen MR) is 179 cm³/mol. The van der Waals surface area contributed by atoms with Gasteiger partial charge in [0, 0.05) is 13.0 Å². The Kier molecular flexibility index (Phi) is 12.9. The maximum Gasteiger partial charge on any atom is 0.407 e. The van der Waals surface area contributed by atoms with Crippen LogP contribution in [-0.2, 0) is 28.7 Å². The average molecular weight is 651 g/mol. The van der Waals surface area contributed by atoms with Gasteiger partial charge in [-0.3, -0.25) is 14.4 Å². The van der Waals surface area contributed by atoms with Crippen molar-refractivity contribution < 1.29 is 33.4 Å². The number of ether oxygens (including phenoxy) is 2. The van der Waals surface area contributed by atoms with Crippen molar-refractivity contribution in [3.05, 3.63) is 59.7 Å². The molecular weight excluding hydrogens is 600 g/mol. The van der Waals surface area contributed by atoms with Crippen molar-refractivity contribution in [2.45, 2.75) is 85.0 Å². The number of esters is 1. The number of benzene rings is 2. The van der Waals surface area contributed by atoms with Crippen LogP contribution in [0.1, 0.15) is 71.9 Å². The van der Waals surface area contributed by atoms with Crippen LogP contribution in [0.5, 0.6) is 0 Å². The van der Waals surface area contributed by atoms with Crippen molar-refractivity contribution in [1.29, 1.82) is 0 Å². The first-order valence-electron chi connectivity index (χ1n) is 16.3. The molecule has 1 aliphatic carbocycles. The van der Waals surface area contributed by atoms with Crippen LogP contribution in [0, 0.1) is 17.8 Å². The molecule has 0 aliphatic heterocycles. The number of fused-ring (bicyclic) bond motifs is 3. The molecular formula is C36H50N4O7. The van der Waals surface area contributed by atoms with E-state index in [0.29, 0.717) is 6.42 Å². The van der Waals surface area contributed by atoms with E-state index in [1.165, 1.54) is 26.0 Å². The summed E-state index contributed by atoms with van der Waals surface area (Å²) in [7, 11) is 2.76. The van der Waals surface area contributed by atoms with Crippen LogP contribution in [0.3, 0.4) is 0 Å². The Bertz CT molecular complexity index is 1400. The number of carbonyl (C=O) groups excluding carboxylic acids is 5. The highest BCUT2D eigenvalue weighted by Gasteiger charge is 2.38. The smallest absolute Gasteiger partial charge is 0.407 e. The molecule has 0 radical (unpaired) electrons. The average Bonchev–Trinajstić information content (AvgIpc) is 3.37. The van der Waals surface area contributed by atoms with Crippen molar-refractivity contribution in [3.63, 3.8) is 0 Å². The molecule has 256 valence electrons. The SMILES string of the molecule is CC[C@H](C)[C@@H](C(=O)N[C@H](C)C(=O)N[C@H](C(=O)OC)C(C)C)N(C)C(=O)[C@@H](NC(=O)OCC1c2ccccc2-c2ccccc21)C(C)C. The van der Waals surface area contributed by atoms with E-state index in [0.717, 1.165) is 22.3 Å². The standard InChI is InChI=1S/C36H50N4O7/c1-10-22(6)31(33(42)37-23(7)32(41)38-30(21(4)5)35(44)46-9)40(8)34(43)29(20(2)3)39-36(45)47-19-28-26-17-13-11-15-24(26)25-16-12-14-18-27(25)28/h11-18,20-23,28-31H,10,19H2,1-9H3,(H,37,42)(H,38,41)(H,39,45)/t22-,23+,29-,30-,31-/m0/s1. The highest BCUT2D eigenvalue weighted by atomic mass is 16.5. The van der Waals surface area contributed by atoms with Crippen molar-refractivity contribution in [1.82, 2.24) is 20.9 Å². The molecule has 2 aromatic carbocycles. The zero-order valence-corrected chi connectivity index (χ0v) is 29.0. The largest absolute Gasteiger partial charge is 0.467 e. The van der Waals surface area contributed by atoms with E-state index in [-0.39, 0.29) is 30.3 Å². The monoisotopic (exact) mass is 650 g/mol. The molecule has 3 rings (SSSR count). The van der Waals surface area contributed by atoms with Gasteiger partial charge in [-0.1, -0.05) is 96.5 Å². The number of hydrogen-bond donors (Lipinski definition) is 3. The lowest BCUT2D eigenvalue weighted by molar-refractivity contribution is -0.147. The van der Waals surface area contributed by atoms with E-state index >= 15 is 0 Å². The number of alkyl carbamates (subject to hydrolysis) is 1. The fourth-order valence-corrected chi connectivity index (χ4v) is 5.94. The summed E-state index contributed by atoms with van der Waals surface area (Å²) in [5, 5.41) is 8.07. The molecule has 2 aromatic rings. The Labute approximate surface area is 278 Å². The Morgan fingerprint density at radius 1 is 0.766 bits per heavy atom. The van der Waals surface area contributed by atoms with Gasteiger partial charge in [0.1, 0.15) is 30.8 Å². The number of hydrogen-bond acceptors (Lipinski definition) is 7. The van der Waals surface area contributed by atoms with Crippen LogP contribution in [0.25, 0.3) is 11.1 Å². The molecule has 11 nitrogen and oxygen atoms in total. The lowest BCUT2D eigenvalue weighted by atomic mass is 9.94. The van der Waals surface area contributed by atoms with Crippen LogP contribution in [0.4, 0.5) is 4.79 Å². The van der Waals surface area contributed by atoms with Gasteiger partial charge in [-0.05, 0) is 46.9 Å². The summed E-state index contributed by atoms with van der Waals surface area (Å²) in [5.74, 6) is -3.10. The molecule has 4 amide bonds. The van der Waals surface area contributed by atoms with Gasteiger partial charge >= 0.3 is 12.1 Å². The van der Waals surface area contributed by atoms with Gasteiger partial charge in [0.15, 0.2) is 0 Å². The maximum absolute atomic E-state index is 13.9. The molecule has 0 saturated heterocycles. The number of methoxy groups -OCH3 is 1. The van der Waals surface area contributed by atoms with E-state index in [4.69, 9.17) is 9.47 Å². The van der Waals surface area contributed by atoms with Crippen LogP contribution in [0.2, 0.25) is 0 Å². The molecule has 0 fully saturated rings. The topological polar surface area (TPSA) is 143 Å². The molecule has 11 heteroatoms. The fraction of sp³-hybridized carbons (Fsp3) is 0.528. The molecule has 0 aromatic heterocycles. The van der Waals surface area contributed by atoms with Crippen molar-refractivity contribution in [3.8, 4) is 11.1 Å². The first-order valence-corrected chi connectivity index (χ1v) is 16.3. The Morgan fingerprint density at radius 2 is 1.30 bits per heavy atom. The van der Waals surface area contributed by atoms with Crippen molar-refractivity contribution in [2.24, 2.45) is 17.8 Å². The minimum atomic E-state index is -0.997. The van der Waals surface area contributed by atoms with Crippen molar-refractivity contribution >= 4 is 29.8 Å². The lowest BCUT2D eigenvalue weighted by Crippen LogP contribution is -2.60. The van der Waals surface area contributed by atoms with Gasteiger partial charge < -0.3 is 30.3 Å². The molecule has 0 heterocycles. The van der Waals surface area contributed by atoms with E-state index in [1.54, 1.807) is 27.7 Å². The Balaban J connectivity index is 1.69. The first-order chi connectivity index (χ1) is 22.2.